The number of anilines is 1. The highest BCUT2D eigenvalue weighted by atomic mass is 32.2. The largest absolute Gasteiger partial charge is 0.488 e. The van der Waals surface area contributed by atoms with E-state index < -0.39 is 10.0 Å². The van der Waals surface area contributed by atoms with Crippen LogP contribution in [0.5, 0.6) is 5.75 Å². The van der Waals surface area contributed by atoms with E-state index in [2.05, 4.69) is 58.1 Å². The minimum Gasteiger partial charge on any atom is -0.488 e. The Kier molecular flexibility index (Phi) is 10.1. The van der Waals surface area contributed by atoms with Crippen molar-refractivity contribution in [1.82, 2.24) is 15.0 Å². The molecule has 0 bridgehead atoms. The van der Waals surface area contributed by atoms with Gasteiger partial charge in [0.1, 0.15) is 17.5 Å². The predicted octanol–water partition coefficient (Wildman–Crippen LogP) is 5.04. The van der Waals surface area contributed by atoms with Crippen molar-refractivity contribution in [2.24, 2.45) is 5.92 Å². The van der Waals surface area contributed by atoms with Gasteiger partial charge in [-0.3, -0.25) is 14.4 Å². The monoisotopic (exact) mass is 646 g/mol. The van der Waals surface area contributed by atoms with Crippen molar-refractivity contribution >= 4 is 21.6 Å². The Morgan fingerprint density at radius 2 is 1.76 bits per heavy atom. The van der Waals surface area contributed by atoms with Crippen LogP contribution in [-0.4, -0.2) is 73.3 Å². The average Bonchev–Trinajstić information content (AvgIpc) is 3.40. The first kappa shape index (κ1) is 33.2. The molecule has 3 atom stereocenters. The summed E-state index contributed by atoms with van der Waals surface area (Å²) >= 11 is 0. The van der Waals surface area contributed by atoms with Gasteiger partial charge >= 0.3 is 0 Å². The molecular formula is C35H42N4O6S. The van der Waals surface area contributed by atoms with Gasteiger partial charge in [-0.25, -0.2) is 8.42 Å². The SMILES string of the molecule is Cc1noc(C)c1S(=O)(=O)Nc1ccc2c(c1)CC(=O)N([C@H](C)CO)C[C@H](C)[C@@H](CN(C)Cc1ccc(-c3ccccc3)cc1)O2. The van der Waals surface area contributed by atoms with Gasteiger partial charge in [0.15, 0.2) is 10.7 Å². The summed E-state index contributed by atoms with van der Waals surface area (Å²) in [6, 6.07) is 23.4. The molecule has 46 heavy (non-hydrogen) atoms. The molecule has 0 aliphatic carbocycles. The van der Waals surface area contributed by atoms with Crippen LogP contribution in [0.1, 0.15) is 36.4 Å². The minimum absolute atomic E-state index is 0.0103. The summed E-state index contributed by atoms with van der Waals surface area (Å²) in [7, 11) is -1.95. The summed E-state index contributed by atoms with van der Waals surface area (Å²) < 4.78 is 40.7. The molecule has 0 radical (unpaired) electrons. The normalized spacial score (nSPS) is 17.9. The number of likely N-dealkylation sites (N-methyl/N-ethyl adjacent to an activating group) is 1. The molecule has 0 unspecified atom stereocenters. The Morgan fingerprint density at radius 1 is 1.07 bits per heavy atom. The maximum atomic E-state index is 13.6. The van der Waals surface area contributed by atoms with Crippen LogP contribution < -0.4 is 9.46 Å². The number of hydrogen-bond acceptors (Lipinski definition) is 8. The molecule has 0 saturated carbocycles. The van der Waals surface area contributed by atoms with E-state index in [1.807, 2.05) is 32.2 Å². The number of nitrogens with one attached hydrogen (secondary N) is 1. The number of sulfonamides is 1. The third kappa shape index (κ3) is 7.60. The number of fused-ring (bicyclic) bond motifs is 1. The second kappa shape index (κ2) is 14.1. The number of benzene rings is 3. The lowest BCUT2D eigenvalue weighted by molar-refractivity contribution is -0.134. The van der Waals surface area contributed by atoms with Crippen molar-refractivity contribution in [1.29, 1.82) is 0 Å². The number of aryl methyl sites for hydroxylation is 2. The molecular weight excluding hydrogens is 604 g/mol. The van der Waals surface area contributed by atoms with Crippen molar-refractivity contribution in [3.05, 3.63) is 95.4 Å². The van der Waals surface area contributed by atoms with Crippen LogP contribution >= 0.6 is 0 Å². The Hall–Kier alpha value is -4.19. The summed E-state index contributed by atoms with van der Waals surface area (Å²) in [4.78, 5) is 17.5. The van der Waals surface area contributed by atoms with Gasteiger partial charge in [-0.05, 0) is 62.7 Å². The molecule has 0 spiro atoms. The second-order valence-corrected chi connectivity index (χ2v) is 13.8. The Balaban J connectivity index is 1.38. The molecule has 5 rings (SSSR count). The molecule has 0 saturated heterocycles. The molecule has 0 fully saturated rings. The first-order chi connectivity index (χ1) is 21.9. The number of rotatable bonds is 10. The van der Waals surface area contributed by atoms with Crippen LogP contribution in [0.2, 0.25) is 0 Å². The molecule has 10 nitrogen and oxygen atoms in total. The van der Waals surface area contributed by atoms with E-state index in [9.17, 15) is 18.3 Å². The standard InChI is InChI=1S/C35H42N4O6S/c1-23-19-39(24(2)22-40)34(41)18-30-17-31(37-46(42,43)35-25(3)36-45-26(35)4)15-16-32(30)44-33(23)21-38(5)20-27-11-13-29(14-12-27)28-9-7-6-8-10-28/h6-17,23-24,33,37,40H,18-22H2,1-5H3/t23-,24+,33+/m0/s1. The quantitative estimate of drug-likeness (QED) is 0.246. The Morgan fingerprint density at radius 3 is 2.41 bits per heavy atom. The number of nitrogens with zero attached hydrogens (tertiary/aromatic N) is 3. The van der Waals surface area contributed by atoms with Crippen LogP contribution in [-0.2, 0) is 27.8 Å². The van der Waals surface area contributed by atoms with Gasteiger partial charge in [-0.15, -0.1) is 0 Å². The summed E-state index contributed by atoms with van der Waals surface area (Å²) in [6.45, 7) is 8.49. The molecule has 4 aromatic rings. The fraction of sp³-hybridized carbons (Fsp3) is 0.371. The lowest BCUT2D eigenvalue weighted by atomic mass is 10.0. The summed E-state index contributed by atoms with van der Waals surface area (Å²) in [5.41, 5.74) is 4.60. The summed E-state index contributed by atoms with van der Waals surface area (Å²) in [5, 5.41) is 13.7. The van der Waals surface area contributed by atoms with Crippen molar-refractivity contribution in [3.8, 4) is 16.9 Å². The zero-order chi connectivity index (χ0) is 33.0. The number of aliphatic hydroxyl groups excluding tert-OH is 1. The van der Waals surface area contributed by atoms with E-state index in [0.717, 1.165) is 5.56 Å². The lowest BCUT2D eigenvalue weighted by Crippen LogP contribution is -2.47. The molecule has 3 aromatic carbocycles. The van der Waals surface area contributed by atoms with Crippen LogP contribution in [0, 0.1) is 19.8 Å². The van der Waals surface area contributed by atoms with Crippen LogP contribution in [0.15, 0.2) is 82.2 Å². The van der Waals surface area contributed by atoms with Crippen molar-refractivity contribution in [2.75, 3.05) is 31.5 Å². The maximum absolute atomic E-state index is 13.6. The van der Waals surface area contributed by atoms with Crippen molar-refractivity contribution in [3.63, 3.8) is 0 Å². The second-order valence-electron chi connectivity index (χ2n) is 12.2. The van der Waals surface area contributed by atoms with E-state index in [0.29, 0.717) is 30.9 Å². The molecule has 2 N–H and O–H groups in total. The fourth-order valence-corrected chi connectivity index (χ4v) is 7.27. The predicted molar refractivity (Wildman–Crippen MR) is 177 cm³/mol. The van der Waals surface area contributed by atoms with E-state index in [4.69, 9.17) is 9.26 Å². The van der Waals surface area contributed by atoms with E-state index in [1.54, 1.807) is 36.9 Å². The van der Waals surface area contributed by atoms with Gasteiger partial charge in [0.05, 0.1) is 19.1 Å². The van der Waals surface area contributed by atoms with E-state index in [1.165, 1.54) is 11.1 Å². The highest BCUT2D eigenvalue weighted by molar-refractivity contribution is 7.92. The van der Waals surface area contributed by atoms with E-state index in [-0.39, 0.29) is 59.0 Å². The number of ether oxygens (including phenoxy) is 1. The molecule has 244 valence electrons. The van der Waals surface area contributed by atoms with Gasteiger partial charge in [0, 0.05) is 36.8 Å². The van der Waals surface area contributed by atoms with Crippen LogP contribution in [0.4, 0.5) is 5.69 Å². The molecule has 1 aliphatic rings. The molecule has 1 amide bonds. The van der Waals surface area contributed by atoms with E-state index >= 15 is 0 Å². The first-order valence-corrected chi connectivity index (χ1v) is 16.9. The third-order valence-corrected chi connectivity index (χ3v) is 10.0. The molecule has 11 heteroatoms. The lowest BCUT2D eigenvalue weighted by Gasteiger charge is -2.34. The van der Waals surface area contributed by atoms with Gasteiger partial charge in [0.25, 0.3) is 10.0 Å². The van der Waals surface area contributed by atoms with Gasteiger partial charge < -0.3 is 19.3 Å². The highest BCUT2D eigenvalue weighted by Gasteiger charge is 2.32. The number of aliphatic hydroxyl groups is 1. The Labute approximate surface area is 271 Å². The van der Waals surface area contributed by atoms with Gasteiger partial charge in [-0.1, -0.05) is 66.7 Å². The molecule has 2 heterocycles. The maximum Gasteiger partial charge on any atom is 0.267 e. The van der Waals surface area contributed by atoms with Crippen molar-refractivity contribution < 1.29 is 27.6 Å². The minimum atomic E-state index is -3.99. The third-order valence-electron chi connectivity index (χ3n) is 8.41. The van der Waals surface area contributed by atoms with Gasteiger partial charge in [-0.2, -0.15) is 0 Å². The zero-order valence-corrected chi connectivity index (χ0v) is 27.8. The smallest absolute Gasteiger partial charge is 0.267 e. The summed E-state index contributed by atoms with van der Waals surface area (Å²) in [6.07, 6.45) is -0.305. The first-order valence-electron chi connectivity index (χ1n) is 15.4. The topological polar surface area (TPSA) is 125 Å². The summed E-state index contributed by atoms with van der Waals surface area (Å²) in [5.74, 6) is 0.471. The zero-order valence-electron chi connectivity index (χ0n) is 26.9. The number of hydrogen-bond donors (Lipinski definition) is 2. The van der Waals surface area contributed by atoms with Crippen LogP contribution in [0.3, 0.4) is 0 Å². The molecule has 1 aromatic heterocycles. The van der Waals surface area contributed by atoms with Crippen molar-refractivity contribution in [2.45, 2.75) is 57.7 Å². The number of aromatic nitrogens is 1. The fourth-order valence-electron chi connectivity index (χ4n) is 5.89. The number of carbonyl (C=O) groups excluding carboxylic acids is 1. The number of carbonyl (C=O) groups is 1. The molecule has 1 aliphatic heterocycles. The average molecular weight is 647 g/mol. The van der Waals surface area contributed by atoms with Gasteiger partial charge in [0.2, 0.25) is 5.91 Å². The van der Waals surface area contributed by atoms with Crippen LogP contribution in [0.25, 0.3) is 11.1 Å². The Bertz CT molecular complexity index is 1740. The number of amides is 1. The highest BCUT2D eigenvalue weighted by Crippen LogP contribution is 2.31.